The first kappa shape index (κ1) is 10.0. The maximum absolute atomic E-state index is 13.1. The fraction of sp³-hybridized carbons (Fsp3) is 0.400. The van der Waals surface area contributed by atoms with Gasteiger partial charge in [0.15, 0.2) is 5.82 Å². The Bertz CT molecular complexity index is 363. The molecule has 15 heavy (non-hydrogen) atoms. The minimum absolute atomic E-state index is 0.183. The summed E-state index contributed by atoms with van der Waals surface area (Å²) >= 11 is 0. The van der Waals surface area contributed by atoms with Gasteiger partial charge in [0.25, 0.3) is 0 Å². The molecule has 2 heterocycles. The summed E-state index contributed by atoms with van der Waals surface area (Å²) in [5, 5.41) is 5.58. The number of hydrogen-bond donors (Lipinski definition) is 2. The quantitative estimate of drug-likeness (QED) is 0.761. The van der Waals surface area contributed by atoms with Crippen molar-refractivity contribution in [2.75, 3.05) is 11.9 Å². The van der Waals surface area contributed by atoms with Gasteiger partial charge in [-0.1, -0.05) is 0 Å². The number of nitrogens with one attached hydrogen (secondary N) is 2. The molecule has 1 amide bonds. The fourth-order valence-corrected chi connectivity index (χ4v) is 1.60. The van der Waals surface area contributed by atoms with E-state index in [-0.39, 0.29) is 17.6 Å². The highest BCUT2D eigenvalue weighted by Crippen LogP contribution is 2.13. The molecule has 1 aliphatic rings. The van der Waals surface area contributed by atoms with Gasteiger partial charge in [-0.05, 0) is 25.5 Å². The monoisotopic (exact) mass is 209 g/mol. The number of anilines is 1. The molecule has 2 N–H and O–H groups in total. The summed E-state index contributed by atoms with van der Waals surface area (Å²) in [6.07, 6.45) is 4.31. The number of aromatic nitrogens is 1. The van der Waals surface area contributed by atoms with Crippen LogP contribution in [0.1, 0.15) is 12.8 Å². The van der Waals surface area contributed by atoms with Crippen LogP contribution >= 0.6 is 0 Å². The zero-order valence-corrected chi connectivity index (χ0v) is 8.16. The van der Waals surface area contributed by atoms with Crippen LogP contribution in [0.25, 0.3) is 0 Å². The first-order valence-electron chi connectivity index (χ1n) is 4.91. The lowest BCUT2D eigenvalue weighted by atomic mass is 10.2. The first-order valence-corrected chi connectivity index (χ1v) is 4.91. The van der Waals surface area contributed by atoms with Crippen molar-refractivity contribution < 1.29 is 9.18 Å². The molecule has 0 saturated carbocycles. The number of pyridine rings is 1. The van der Waals surface area contributed by atoms with E-state index in [0.717, 1.165) is 25.6 Å². The number of nitrogens with zero attached hydrogens (tertiary/aromatic N) is 1. The molecule has 2 rings (SSSR count). The molecular formula is C10H12FN3O. The molecule has 0 unspecified atom stereocenters. The molecular weight excluding hydrogens is 197 g/mol. The van der Waals surface area contributed by atoms with Crippen molar-refractivity contribution in [1.29, 1.82) is 0 Å². The second-order valence-corrected chi connectivity index (χ2v) is 3.49. The van der Waals surface area contributed by atoms with E-state index in [2.05, 4.69) is 15.6 Å². The van der Waals surface area contributed by atoms with E-state index < -0.39 is 5.82 Å². The predicted octanol–water partition coefficient (Wildman–Crippen LogP) is 0.911. The van der Waals surface area contributed by atoms with Crippen molar-refractivity contribution in [2.24, 2.45) is 0 Å². The molecule has 4 nitrogen and oxygen atoms in total. The lowest BCUT2D eigenvalue weighted by molar-refractivity contribution is -0.117. The van der Waals surface area contributed by atoms with Crippen LogP contribution in [0.5, 0.6) is 0 Å². The molecule has 1 fully saturated rings. The highest BCUT2D eigenvalue weighted by Gasteiger charge is 2.22. The fourth-order valence-electron chi connectivity index (χ4n) is 1.60. The molecule has 1 saturated heterocycles. The Hall–Kier alpha value is -1.49. The van der Waals surface area contributed by atoms with Crippen LogP contribution in [0.2, 0.25) is 0 Å². The zero-order valence-electron chi connectivity index (χ0n) is 8.16. The number of amides is 1. The van der Waals surface area contributed by atoms with Crippen LogP contribution in [0, 0.1) is 5.82 Å². The van der Waals surface area contributed by atoms with E-state index in [4.69, 9.17) is 0 Å². The Morgan fingerprint density at radius 2 is 2.53 bits per heavy atom. The summed E-state index contributed by atoms with van der Waals surface area (Å²) in [7, 11) is 0. The predicted molar refractivity (Wildman–Crippen MR) is 53.8 cm³/mol. The third kappa shape index (κ3) is 2.30. The number of hydrogen-bond acceptors (Lipinski definition) is 3. The van der Waals surface area contributed by atoms with E-state index in [0.29, 0.717) is 0 Å². The Balaban J connectivity index is 2.02. The summed E-state index contributed by atoms with van der Waals surface area (Å²) in [6.45, 7) is 0.844. The molecule has 0 aromatic carbocycles. The van der Waals surface area contributed by atoms with Crippen LogP contribution in [0.15, 0.2) is 18.5 Å². The highest BCUT2D eigenvalue weighted by atomic mass is 19.1. The second kappa shape index (κ2) is 4.35. The third-order valence-electron chi connectivity index (χ3n) is 2.41. The standard InChI is InChI=1S/C10H12FN3O/c11-7-6-12-5-3-8(7)14-10(15)9-2-1-4-13-9/h3,5-6,9,13H,1-2,4H2,(H,12,14,15)/t9-/m1/s1. The van der Waals surface area contributed by atoms with E-state index in [1.165, 1.54) is 12.3 Å². The second-order valence-electron chi connectivity index (χ2n) is 3.49. The Kier molecular flexibility index (Phi) is 2.91. The molecule has 0 bridgehead atoms. The largest absolute Gasteiger partial charge is 0.322 e. The van der Waals surface area contributed by atoms with Crippen LogP contribution in [0.3, 0.4) is 0 Å². The van der Waals surface area contributed by atoms with Gasteiger partial charge in [-0.15, -0.1) is 0 Å². The third-order valence-corrected chi connectivity index (χ3v) is 2.41. The minimum Gasteiger partial charge on any atom is -0.322 e. The van der Waals surface area contributed by atoms with Crippen molar-refractivity contribution in [3.05, 3.63) is 24.3 Å². The minimum atomic E-state index is -0.510. The lowest BCUT2D eigenvalue weighted by Gasteiger charge is -2.10. The average Bonchev–Trinajstić information content (AvgIpc) is 2.74. The summed E-state index contributed by atoms with van der Waals surface area (Å²) in [4.78, 5) is 15.2. The molecule has 80 valence electrons. The van der Waals surface area contributed by atoms with Crippen LogP contribution in [-0.2, 0) is 4.79 Å². The molecule has 5 heteroatoms. The van der Waals surface area contributed by atoms with E-state index >= 15 is 0 Å². The molecule has 0 aliphatic carbocycles. The van der Waals surface area contributed by atoms with Gasteiger partial charge in [0, 0.05) is 6.20 Å². The number of carbonyl (C=O) groups excluding carboxylic acids is 1. The van der Waals surface area contributed by atoms with Gasteiger partial charge in [0.1, 0.15) is 0 Å². The van der Waals surface area contributed by atoms with Crippen molar-refractivity contribution in [3.63, 3.8) is 0 Å². The normalized spacial score (nSPS) is 20.2. The van der Waals surface area contributed by atoms with Crippen LogP contribution in [0.4, 0.5) is 10.1 Å². The number of rotatable bonds is 2. The number of carbonyl (C=O) groups is 1. The van der Waals surface area contributed by atoms with Gasteiger partial charge in [-0.25, -0.2) is 4.39 Å². The van der Waals surface area contributed by atoms with Crippen molar-refractivity contribution in [1.82, 2.24) is 10.3 Å². The average molecular weight is 209 g/mol. The lowest BCUT2D eigenvalue weighted by Crippen LogP contribution is -2.35. The maximum atomic E-state index is 13.1. The Labute approximate surface area is 86.9 Å². The molecule has 0 radical (unpaired) electrons. The smallest absolute Gasteiger partial charge is 0.241 e. The van der Waals surface area contributed by atoms with Gasteiger partial charge in [0.05, 0.1) is 17.9 Å². The van der Waals surface area contributed by atoms with Gasteiger partial charge < -0.3 is 10.6 Å². The van der Waals surface area contributed by atoms with Crippen LogP contribution < -0.4 is 10.6 Å². The molecule has 0 spiro atoms. The summed E-state index contributed by atoms with van der Waals surface area (Å²) < 4.78 is 13.1. The number of halogens is 1. The van der Waals surface area contributed by atoms with Gasteiger partial charge in [0.2, 0.25) is 5.91 Å². The maximum Gasteiger partial charge on any atom is 0.241 e. The first-order chi connectivity index (χ1) is 7.27. The molecule has 1 aliphatic heterocycles. The summed E-state index contributed by atoms with van der Waals surface area (Å²) in [6, 6.07) is 1.25. The van der Waals surface area contributed by atoms with Crippen LogP contribution in [-0.4, -0.2) is 23.5 Å². The molecule has 1 atom stereocenters. The van der Waals surface area contributed by atoms with Gasteiger partial charge in [-0.2, -0.15) is 0 Å². The topological polar surface area (TPSA) is 54.0 Å². The van der Waals surface area contributed by atoms with Gasteiger partial charge in [-0.3, -0.25) is 9.78 Å². The molecule has 1 aromatic rings. The highest BCUT2D eigenvalue weighted by molar-refractivity contribution is 5.95. The Morgan fingerprint density at radius 1 is 1.67 bits per heavy atom. The van der Waals surface area contributed by atoms with E-state index in [1.54, 1.807) is 0 Å². The van der Waals surface area contributed by atoms with Gasteiger partial charge >= 0.3 is 0 Å². The van der Waals surface area contributed by atoms with Crippen molar-refractivity contribution in [3.8, 4) is 0 Å². The Morgan fingerprint density at radius 3 is 3.20 bits per heavy atom. The van der Waals surface area contributed by atoms with E-state index in [9.17, 15) is 9.18 Å². The summed E-state index contributed by atoms with van der Waals surface area (Å²) in [5.41, 5.74) is 0.184. The molecule has 1 aromatic heterocycles. The van der Waals surface area contributed by atoms with E-state index in [1.807, 2.05) is 0 Å². The summed E-state index contributed by atoms with van der Waals surface area (Å²) in [5.74, 6) is -0.693. The van der Waals surface area contributed by atoms with Crippen molar-refractivity contribution >= 4 is 11.6 Å². The zero-order chi connectivity index (χ0) is 10.7. The van der Waals surface area contributed by atoms with Crippen molar-refractivity contribution in [2.45, 2.75) is 18.9 Å². The SMILES string of the molecule is O=C(Nc1ccncc1F)[C@H]1CCCN1.